The van der Waals surface area contributed by atoms with Gasteiger partial charge in [0.15, 0.2) is 6.29 Å². The first kappa shape index (κ1) is 9.42. The molecule has 1 aromatic rings. The predicted octanol–water partition coefficient (Wildman–Crippen LogP) is 2.34. The third kappa shape index (κ3) is 2.16. The SMILES string of the molecule is COC(C=O)c1ccc(Br)cc1. The van der Waals surface area contributed by atoms with E-state index in [4.69, 9.17) is 4.74 Å². The Kier molecular flexibility index (Phi) is 3.44. The van der Waals surface area contributed by atoms with Crippen molar-refractivity contribution in [2.24, 2.45) is 0 Å². The van der Waals surface area contributed by atoms with Gasteiger partial charge in [-0.15, -0.1) is 0 Å². The lowest BCUT2D eigenvalue weighted by Gasteiger charge is -2.07. The number of hydrogen-bond donors (Lipinski definition) is 0. The number of carbonyl (C=O) groups is 1. The summed E-state index contributed by atoms with van der Waals surface area (Å²) in [6.07, 6.45) is 0.335. The largest absolute Gasteiger partial charge is 0.369 e. The van der Waals surface area contributed by atoms with Gasteiger partial charge in [-0.3, -0.25) is 0 Å². The third-order valence-corrected chi connectivity index (χ3v) is 2.10. The van der Waals surface area contributed by atoms with Gasteiger partial charge >= 0.3 is 0 Å². The second-order valence-electron chi connectivity index (χ2n) is 2.34. The van der Waals surface area contributed by atoms with Crippen molar-refractivity contribution in [3.8, 4) is 0 Å². The minimum Gasteiger partial charge on any atom is -0.369 e. The number of benzene rings is 1. The molecule has 0 heterocycles. The van der Waals surface area contributed by atoms with Crippen molar-refractivity contribution in [2.45, 2.75) is 6.10 Å². The van der Waals surface area contributed by atoms with Gasteiger partial charge in [0.2, 0.25) is 0 Å². The fraction of sp³-hybridized carbons (Fsp3) is 0.222. The Hall–Kier alpha value is -0.670. The number of rotatable bonds is 3. The zero-order chi connectivity index (χ0) is 8.97. The van der Waals surface area contributed by atoms with E-state index in [1.165, 1.54) is 7.11 Å². The van der Waals surface area contributed by atoms with E-state index in [0.29, 0.717) is 0 Å². The quantitative estimate of drug-likeness (QED) is 0.743. The minimum absolute atomic E-state index is 0.446. The van der Waals surface area contributed by atoms with Gasteiger partial charge in [0, 0.05) is 11.6 Å². The predicted molar refractivity (Wildman–Crippen MR) is 50.0 cm³/mol. The van der Waals surface area contributed by atoms with Crippen LogP contribution in [0.1, 0.15) is 11.7 Å². The Morgan fingerprint density at radius 1 is 1.42 bits per heavy atom. The second-order valence-corrected chi connectivity index (χ2v) is 3.26. The Labute approximate surface area is 79.7 Å². The van der Waals surface area contributed by atoms with E-state index in [9.17, 15) is 4.79 Å². The van der Waals surface area contributed by atoms with Crippen molar-refractivity contribution in [1.82, 2.24) is 0 Å². The lowest BCUT2D eigenvalue weighted by Crippen LogP contribution is -2.01. The lowest BCUT2D eigenvalue weighted by molar-refractivity contribution is -0.116. The van der Waals surface area contributed by atoms with Crippen LogP contribution in [0.15, 0.2) is 28.7 Å². The zero-order valence-electron chi connectivity index (χ0n) is 6.66. The van der Waals surface area contributed by atoms with Crippen LogP contribution >= 0.6 is 15.9 Å². The van der Waals surface area contributed by atoms with Gasteiger partial charge in [0.25, 0.3) is 0 Å². The Bertz CT molecular complexity index is 256. The van der Waals surface area contributed by atoms with Crippen LogP contribution in [-0.2, 0) is 9.53 Å². The van der Waals surface area contributed by atoms with Gasteiger partial charge in [0.05, 0.1) is 0 Å². The smallest absolute Gasteiger partial charge is 0.153 e. The molecule has 0 aliphatic heterocycles. The Morgan fingerprint density at radius 3 is 2.42 bits per heavy atom. The molecule has 0 N–H and O–H groups in total. The summed E-state index contributed by atoms with van der Waals surface area (Å²) in [4.78, 5) is 10.5. The molecule has 1 rings (SSSR count). The molecule has 0 saturated carbocycles. The summed E-state index contributed by atoms with van der Waals surface area (Å²) >= 11 is 3.31. The van der Waals surface area contributed by atoms with Crippen LogP contribution in [0, 0.1) is 0 Å². The fourth-order valence-corrected chi connectivity index (χ4v) is 1.19. The highest BCUT2D eigenvalue weighted by atomic mass is 79.9. The van der Waals surface area contributed by atoms with E-state index in [-0.39, 0.29) is 0 Å². The number of hydrogen-bond acceptors (Lipinski definition) is 2. The number of methoxy groups -OCH3 is 1. The van der Waals surface area contributed by atoms with Crippen LogP contribution in [0.4, 0.5) is 0 Å². The first-order valence-electron chi connectivity index (χ1n) is 3.51. The monoisotopic (exact) mass is 228 g/mol. The van der Waals surface area contributed by atoms with Crippen LogP contribution in [-0.4, -0.2) is 13.4 Å². The van der Waals surface area contributed by atoms with Gasteiger partial charge in [-0.2, -0.15) is 0 Å². The molecule has 12 heavy (non-hydrogen) atoms. The van der Waals surface area contributed by atoms with Crippen LogP contribution < -0.4 is 0 Å². The summed E-state index contributed by atoms with van der Waals surface area (Å²) in [6, 6.07) is 7.47. The van der Waals surface area contributed by atoms with E-state index in [0.717, 1.165) is 16.3 Å². The average Bonchev–Trinajstić information content (AvgIpc) is 2.10. The highest BCUT2D eigenvalue weighted by molar-refractivity contribution is 9.10. The normalized spacial score (nSPS) is 12.5. The van der Waals surface area contributed by atoms with E-state index in [1.54, 1.807) is 0 Å². The average molecular weight is 229 g/mol. The molecule has 0 aliphatic carbocycles. The molecule has 0 radical (unpaired) electrons. The molecule has 0 aliphatic rings. The molecule has 0 saturated heterocycles. The maximum absolute atomic E-state index is 10.5. The summed E-state index contributed by atoms with van der Waals surface area (Å²) in [5.41, 5.74) is 0.871. The van der Waals surface area contributed by atoms with Gasteiger partial charge in [0.1, 0.15) is 6.10 Å². The number of ether oxygens (including phenoxy) is 1. The van der Waals surface area contributed by atoms with Crippen molar-refractivity contribution >= 4 is 22.2 Å². The molecule has 0 amide bonds. The molecule has 0 fully saturated rings. The van der Waals surface area contributed by atoms with E-state index in [2.05, 4.69) is 15.9 Å². The highest BCUT2D eigenvalue weighted by Gasteiger charge is 2.06. The fourth-order valence-electron chi connectivity index (χ4n) is 0.923. The lowest BCUT2D eigenvalue weighted by atomic mass is 10.1. The molecule has 64 valence electrons. The molecule has 1 unspecified atom stereocenters. The van der Waals surface area contributed by atoms with Crippen molar-refractivity contribution in [2.75, 3.05) is 7.11 Å². The summed E-state index contributed by atoms with van der Waals surface area (Å²) in [7, 11) is 1.51. The van der Waals surface area contributed by atoms with Gasteiger partial charge in [-0.05, 0) is 17.7 Å². The maximum atomic E-state index is 10.5. The van der Waals surface area contributed by atoms with E-state index < -0.39 is 6.10 Å². The van der Waals surface area contributed by atoms with Gasteiger partial charge in [-0.1, -0.05) is 28.1 Å². The standard InChI is InChI=1S/C9H9BrO2/c1-12-9(6-11)7-2-4-8(10)5-3-7/h2-6,9H,1H3. The molecule has 0 bridgehead atoms. The van der Waals surface area contributed by atoms with Gasteiger partial charge < -0.3 is 9.53 Å². The first-order valence-corrected chi connectivity index (χ1v) is 4.31. The minimum atomic E-state index is -0.446. The highest BCUT2D eigenvalue weighted by Crippen LogP contribution is 2.17. The number of halogens is 1. The summed E-state index contributed by atoms with van der Waals surface area (Å²) in [5.74, 6) is 0. The van der Waals surface area contributed by atoms with Crippen LogP contribution in [0.25, 0.3) is 0 Å². The number of carbonyl (C=O) groups excluding carboxylic acids is 1. The molecule has 0 spiro atoms. The Balaban J connectivity index is 2.87. The maximum Gasteiger partial charge on any atom is 0.153 e. The van der Waals surface area contributed by atoms with E-state index >= 15 is 0 Å². The Morgan fingerprint density at radius 2 is 2.00 bits per heavy atom. The summed E-state index contributed by atoms with van der Waals surface area (Å²) in [6.45, 7) is 0. The molecule has 3 heteroatoms. The van der Waals surface area contributed by atoms with Crippen molar-refractivity contribution < 1.29 is 9.53 Å². The van der Waals surface area contributed by atoms with Crippen LogP contribution in [0.3, 0.4) is 0 Å². The van der Waals surface area contributed by atoms with E-state index in [1.807, 2.05) is 24.3 Å². The van der Waals surface area contributed by atoms with Gasteiger partial charge in [-0.25, -0.2) is 0 Å². The molecule has 1 atom stereocenters. The molecule has 1 aromatic carbocycles. The molecular formula is C9H9BrO2. The zero-order valence-corrected chi connectivity index (χ0v) is 8.24. The molecule has 0 aromatic heterocycles. The second kappa shape index (κ2) is 4.38. The van der Waals surface area contributed by atoms with Crippen molar-refractivity contribution in [3.63, 3.8) is 0 Å². The summed E-state index contributed by atoms with van der Waals surface area (Å²) in [5, 5.41) is 0. The number of aldehydes is 1. The van der Waals surface area contributed by atoms with Crippen molar-refractivity contribution in [1.29, 1.82) is 0 Å². The first-order chi connectivity index (χ1) is 5.77. The van der Waals surface area contributed by atoms with Crippen LogP contribution in [0.2, 0.25) is 0 Å². The summed E-state index contributed by atoms with van der Waals surface area (Å²) < 4.78 is 5.93. The van der Waals surface area contributed by atoms with Crippen LogP contribution in [0.5, 0.6) is 0 Å². The topological polar surface area (TPSA) is 26.3 Å². The molecular weight excluding hydrogens is 220 g/mol. The third-order valence-electron chi connectivity index (χ3n) is 1.58. The molecule has 2 nitrogen and oxygen atoms in total. The van der Waals surface area contributed by atoms with Crippen molar-refractivity contribution in [3.05, 3.63) is 34.3 Å².